The molecule has 2 aromatic rings. The van der Waals surface area contributed by atoms with E-state index in [9.17, 15) is 19.5 Å². The molecule has 4 amide bonds. The fourth-order valence-corrected chi connectivity index (χ4v) is 3.00. The number of urea groups is 1. The Bertz CT molecular complexity index is 884. The van der Waals surface area contributed by atoms with E-state index in [0.29, 0.717) is 5.56 Å². The van der Waals surface area contributed by atoms with Crippen LogP contribution in [0.5, 0.6) is 5.75 Å². The fourth-order valence-electron chi connectivity index (χ4n) is 2.73. The number of halogens is 1. The number of carbonyl (C=O) groups is 3. The number of aromatic hydroxyl groups is 1. The number of hydrogen-bond donors (Lipinski definition) is 3. The van der Waals surface area contributed by atoms with Gasteiger partial charge in [-0.25, -0.2) is 4.79 Å². The van der Waals surface area contributed by atoms with Gasteiger partial charge in [0.25, 0.3) is 5.91 Å². The Kier molecular flexibility index (Phi) is 4.69. The number of imide groups is 1. The van der Waals surface area contributed by atoms with Crippen LogP contribution in [0.15, 0.2) is 53.0 Å². The summed E-state index contributed by atoms with van der Waals surface area (Å²) in [6, 6.07) is 12.6. The predicted octanol–water partition coefficient (Wildman–Crippen LogP) is 2.56. The summed E-state index contributed by atoms with van der Waals surface area (Å²) in [6.07, 6.45) is 0. The highest BCUT2D eigenvalue weighted by molar-refractivity contribution is 9.10. The molecule has 0 bridgehead atoms. The normalized spacial score (nSPS) is 19.4. The fraction of sp³-hybridized carbons (Fsp3) is 0.167. The van der Waals surface area contributed by atoms with E-state index in [1.54, 1.807) is 43.3 Å². The molecule has 1 fully saturated rings. The highest BCUT2D eigenvalue weighted by Crippen LogP contribution is 2.30. The van der Waals surface area contributed by atoms with Crippen molar-refractivity contribution in [1.29, 1.82) is 0 Å². The number of para-hydroxylation sites is 2. The quantitative estimate of drug-likeness (QED) is 0.525. The maximum absolute atomic E-state index is 12.8. The van der Waals surface area contributed by atoms with Gasteiger partial charge in [0.15, 0.2) is 0 Å². The lowest BCUT2D eigenvalue weighted by Gasteiger charge is -2.22. The van der Waals surface area contributed by atoms with Gasteiger partial charge in [0.1, 0.15) is 17.8 Å². The molecule has 3 rings (SSSR count). The summed E-state index contributed by atoms with van der Waals surface area (Å²) in [7, 11) is 0. The Morgan fingerprint density at radius 3 is 2.50 bits per heavy atom. The largest absolute Gasteiger partial charge is 0.506 e. The van der Waals surface area contributed by atoms with Crippen LogP contribution in [0.4, 0.5) is 10.5 Å². The summed E-state index contributed by atoms with van der Waals surface area (Å²) in [4.78, 5) is 38.1. The SMILES string of the molecule is CC1(c2ccc(Br)cc2)NC(=O)N(CC(=O)Nc2ccccc2O)C1=O. The first kappa shape index (κ1) is 17.9. The van der Waals surface area contributed by atoms with Crippen LogP contribution in [0.25, 0.3) is 0 Å². The zero-order valence-corrected chi connectivity index (χ0v) is 15.4. The van der Waals surface area contributed by atoms with Crippen LogP contribution in [0, 0.1) is 0 Å². The number of phenols is 1. The van der Waals surface area contributed by atoms with Crippen molar-refractivity contribution in [2.75, 3.05) is 11.9 Å². The van der Waals surface area contributed by atoms with Gasteiger partial charge >= 0.3 is 6.03 Å². The highest BCUT2D eigenvalue weighted by Gasteiger charge is 2.49. The van der Waals surface area contributed by atoms with Gasteiger partial charge in [0.2, 0.25) is 5.91 Å². The molecule has 3 N–H and O–H groups in total. The molecule has 1 aliphatic rings. The summed E-state index contributed by atoms with van der Waals surface area (Å²) in [5.41, 5.74) is -0.421. The number of anilines is 1. The average molecular weight is 418 g/mol. The molecule has 1 unspecified atom stereocenters. The van der Waals surface area contributed by atoms with Crippen LogP contribution in [0.3, 0.4) is 0 Å². The van der Waals surface area contributed by atoms with Crippen LogP contribution in [0.2, 0.25) is 0 Å². The molecule has 1 aliphatic heterocycles. The summed E-state index contributed by atoms with van der Waals surface area (Å²) < 4.78 is 0.848. The lowest BCUT2D eigenvalue weighted by Crippen LogP contribution is -2.42. The highest BCUT2D eigenvalue weighted by atomic mass is 79.9. The maximum atomic E-state index is 12.8. The molecule has 0 radical (unpaired) electrons. The molecule has 0 saturated carbocycles. The van der Waals surface area contributed by atoms with Crippen molar-refractivity contribution in [3.8, 4) is 5.75 Å². The van der Waals surface area contributed by atoms with Crippen LogP contribution in [-0.4, -0.2) is 34.4 Å². The second-order valence-electron chi connectivity index (χ2n) is 6.02. The first-order chi connectivity index (χ1) is 12.3. The standard InChI is InChI=1S/C18H16BrN3O4/c1-18(11-6-8-12(19)9-7-11)16(25)22(17(26)21-18)10-15(24)20-13-4-2-3-5-14(13)23/h2-9,23H,10H2,1H3,(H,20,24)(H,21,26). The van der Waals surface area contributed by atoms with E-state index in [1.807, 2.05) is 0 Å². The van der Waals surface area contributed by atoms with Gasteiger partial charge in [0.05, 0.1) is 5.69 Å². The van der Waals surface area contributed by atoms with E-state index in [4.69, 9.17) is 0 Å². The van der Waals surface area contributed by atoms with Crippen LogP contribution in [0.1, 0.15) is 12.5 Å². The summed E-state index contributed by atoms with van der Waals surface area (Å²) in [6.45, 7) is 1.14. The molecule has 134 valence electrons. The third-order valence-corrected chi connectivity index (χ3v) is 4.71. The minimum absolute atomic E-state index is 0.0993. The monoisotopic (exact) mass is 417 g/mol. The summed E-state index contributed by atoms with van der Waals surface area (Å²) in [5.74, 6) is -1.20. The number of amides is 4. The third kappa shape index (κ3) is 3.28. The van der Waals surface area contributed by atoms with E-state index in [2.05, 4.69) is 26.6 Å². The summed E-state index contributed by atoms with van der Waals surface area (Å²) >= 11 is 3.32. The molecule has 1 heterocycles. The Morgan fingerprint density at radius 2 is 1.85 bits per heavy atom. The zero-order chi connectivity index (χ0) is 18.9. The topological polar surface area (TPSA) is 98.7 Å². The number of phenolic OH excluding ortho intramolecular Hbond substituents is 1. The number of rotatable bonds is 4. The second kappa shape index (κ2) is 6.80. The molecule has 26 heavy (non-hydrogen) atoms. The van der Waals surface area contributed by atoms with Crippen molar-refractivity contribution in [2.45, 2.75) is 12.5 Å². The van der Waals surface area contributed by atoms with Crippen molar-refractivity contribution in [3.63, 3.8) is 0 Å². The number of nitrogens with one attached hydrogen (secondary N) is 2. The molecular formula is C18H16BrN3O4. The van der Waals surface area contributed by atoms with Gasteiger partial charge < -0.3 is 15.7 Å². The van der Waals surface area contributed by atoms with Crippen LogP contribution in [-0.2, 0) is 15.1 Å². The predicted molar refractivity (Wildman–Crippen MR) is 98.5 cm³/mol. The molecule has 0 spiro atoms. The van der Waals surface area contributed by atoms with Crippen molar-refractivity contribution in [1.82, 2.24) is 10.2 Å². The minimum atomic E-state index is -1.24. The van der Waals surface area contributed by atoms with Crippen molar-refractivity contribution < 1.29 is 19.5 Å². The van der Waals surface area contributed by atoms with E-state index in [0.717, 1.165) is 9.37 Å². The number of benzene rings is 2. The van der Waals surface area contributed by atoms with Crippen molar-refractivity contribution in [2.24, 2.45) is 0 Å². The van der Waals surface area contributed by atoms with Crippen LogP contribution >= 0.6 is 15.9 Å². The second-order valence-corrected chi connectivity index (χ2v) is 6.93. The Hall–Kier alpha value is -2.87. The van der Waals surface area contributed by atoms with E-state index in [1.165, 1.54) is 12.1 Å². The molecule has 1 saturated heterocycles. The van der Waals surface area contributed by atoms with Gasteiger partial charge in [-0.15, -0.1) is 0 Å². The maximum Gasteiger partial charge on any atom is 0.325 e. The van der Waals surface area contributed by atoms with Gasteiger partial charge in [-0.3, -0.25) is 14.5 Å². The van der Waals surface area contributed by atoms with Crippen molar-refractivity contribution >= 4 is 39.5 Å². The third-order valence-electron chi connectivity index (χ3n) is 4.18. The minimum Gasteiger partial charge on any atom is -0.506 e. The molecule has 0 aromatic heterocycles. The van der Waals surface area contributed by atoms with Gasteiger partial charge in [0, 0.05) is 4.47 Å². The van der Waals surface area contributed by atoms with Gasteiger partial charge in [-0.2, -0.15) is 0 Å². The Balaban J connectivity index is 1.76. The lowest BCUT2D eigenvalue weighted by atomic mass is 9.92. The van der Waals surface area contributed by atoms with Gasteiger partial charge in [-0.1, -0.05) is 40.2 Å². The van der Waals surface area contributed by atoms with Crippen LogP contribution < -0.4 is 10.6 Å². The molecule has 0 aliphatic carbocycles. The number of carbonyl (C=O) groups excluding carboxylic acids is 3. The zero-order valence-electron chi connectivity index (χ0n) is 13.8. The lowest BCUT2D eigenvalue weighted by molar-refractivity contribution is -0.133. The van der Waals surface area contributed by atoms with E-state index < -0.39 is 29.9 Å². The van der Waals surface area contributed by atoms with E-state index >= 15 is 0 Å². The summed E-state index contributed by atoms with van der Waals surface area (Å²) in [5, 5.41) is 14.8. The molecular weight excluding hydrogens is 402 g/mol. The molecule has 7 nitrogen and oxygen atoms in total. The number of hydrogen-bond acceptors (Lipinski definition) is 4. The van der Waals surface area contributed by atoms with Gasteiger partial charge in [-0.05, 0) is 36.8 Å². The van der Waals surface area contributed by atoms with Crippen molar-refractivity contribution in [3.05, 3.63) is 58.6 Å². The molecule has 2 aromatic carbocycles. The Morgan fingerprint density at radius 1 is 1.19 bits per heavy atom. The first-order valence-corrected chi connectivity index (χ1v) is 8.58. The molecule has 1 atom stereocenters. The Labute approximate surface area is 158 Å². The first-order valence-electron chi connectivity index (χ1n) is 7.79. The number of nitrogens with zero attached hydrogens (tertiary/aromatic N) is 1. The smallest absolute Gasteiger partial charge is 0.325 e. The molecule has 8 heteroatoms. The average Bonchev–Trinajstić information content (AvgIpc) is 2.82. The van der Waals surface area contributed by atoms with E-state index in [-0.39, 0.29) is 11.4 Å².